The summed E-state index contributed by atoms with van der Waals surface area (Å²) in [7, 11) is 6.02. The Hall–Kier alpha value is -2.12. The second kappa shape index (κ2) is 20.2. The summed E-state index contributed by atoms with van der Waals surface area (Å²) in [6, 6.07) is 0. The number of hydrogen-bond acceptors (Lipinski definition) is 15. The maximum atomic E-state index is 14.1. The van der Waals surface area contributed by atoms with Crippen LogP contribution in [0.25, 0.3) is 0 Å². The summed E-state index contributed by atoms with van der Waals surface area (Å²) >= 11 is 0. The molecule has 58 heavy (non-hydrogen) atoms. The van der Waals surface area contributed by atoms with Crippen LogP contribution in [0.2, 0.25) is 0 Å². The van der Waals surface area contributed by atoms with Gasteiger partial charge >= 0.3 is 5.97 Å². The van der Waals surface area contributed by atoms with Crippen LogP contribution in [0.3, 0.4) is 0 Å². The van der Waals surface area contributed by atoms with Crippen LogP contribution >= 0.6 is 0 Å². The Labute approximate surface area is 343 Å². The molecule has 15 heteroatoms. The van der Waals surface area contributed by atoms with Crippen molar-refractivity contribution >= 4 is 11.8 Å². The molecule has 5 aliphatic heterocycles. The van der Waals surface area contributed by atoms with E-state index < -0.39 is 115 Å². The molecule has 15 nitrogen and oxygen atoms in total. The van der Waals surface area contributed by atoms with Crippen molar-refractivity contribution < 1.29 is 71.9 Å². The number of fused-ring (bicyclic) bond motifs is 4. The van der Waals surface area contributed by atoms with Gasteiger partial charge in [0.05, 0.1) is 43.5 Å². The van der Waals surface area contributed by atoms with E-state index in [2.05, 4.69) is 19.9 Å². The Morgan fingerprint density at radius 3 is 2.12 bits per heavy atom. The average molecular weight is 825 g/mol. The number of aliphatic hydroxyl groups excluding tert-OH is 1. The van der Waals surface area contributed by atoms with Crippen molar-refractivity contribution in [2.45, 2.75) is 166 Å². The highest BCUT2D eigenvalue weighted by Gasteiger charge is 2.57. The van der Waals surface area contributed by atoms with Gasteiger partial charge in [-0.3, -0.25) is 9.59 Å². The number of ketones is 1. The van der Waals surface area contributed by atoms with Crippen LogP contribution in [0, 0.1) is 23.2 Å². The van der Waals surface area contributed by atoms with E-state index in [1.54, 1.807) is 13.8 Å². The maximum Gasteiger partial charge on any atom is 0.309 e. The van der Waals surface area contributed by atoms with Gasteiger partial charge in [0.15, 0.2) is 18.4 Å². The number of carbonyl (C=O) groups is 2. The van der Waals surface area contributed by atoms with Gasteiger partial charge in [-0.1, -0.05) is 71.9 Å². The normalized spacial score (nSPS) is 44.1. The third-order valence-electron chi connectivity index (χ3n) is 12.6. The SMILES string of the molecule is CO[C@@H]1[C@H](O[C@@H]2[C@@H](OC)[C@H](O[C@H]3C[C@H]4CC(=O)[C@]5(O)O[C@H](C[C@H]5C)C(C)(C)[C@@H](/C=C/C=C/C=C/C(C)C)OC(=O)C[C@H](O4)[C@@H]3C)OC[C@H]2OC)O[C@@H](C)[C@@H](O)[C@H]1OC. The molecule has 5 aliphatic rings. The first-order valence-corrected chi connectivity index (χ1v) is 20.7. The van der Waals surface area contributed by atoms with Gasteiger partial charge in [-0.2, -0.15) is 0 Å². The zero-order valence-electron chi connectivity index (χ0n) is 36.0. The highest BCUT2D eigenvalue weighted by Crippen LogP contribution is 2.46. The van der Waals surface area contributed by atoms with Gasteiger partial charge in [0, 0.05) is 58.5 Å². The number of ether oxygens (including phenoxy) is 11. The summed E-state index contributed by atoms with van der Waals surface area (Å²) in [5.41, 5.74) is -0.811. The molecule has 4 bridgehead atoms. The van der Waals surface area contributed by atoms with E-state index in [0.717, 1.165) is 0 Å². The maximum absolute atomic E-state index is 14.1. The van der Waals surface area contributed by atoms with Crippen LogP contribution in [-0.2, 0) is 61.7 Å². The molecule has 0 spiro atoms. The third-order valence-corrected chi connectivity index (χ3v) is 12.6. The monoisotopic (exact) mass is 824 g/mol. The number of carbonyl (C=O) groups excluding carboxylic acids is 2. The molecular formula is C43H68O15. The summed E-state index contributed by atoms with van der Waals surface area (Å²) in [6.45, 7) is 13.5. The molecule has 5 heterocycles. The van der Waals surface area contributed by atoms with Crippen LogP contribution in [0.15, 0.2) is 36.5 Å². The first-order chi connectivity index (χ1) is 27.5. The molecule has 17 atom stereocenters. The molecule has 330 valence electrons. The van der Waals surface area contributed by atoms with Crippen molar-refractivity contribution in [3.8, 4) is 0 Å². The molecule has 5 saturated heterocycles. The zero-order chi connectivity index (χ0) is 42.5. The van der Waals surface area contributed by atoms with Crippen LogP contribution in [0.4, 0.5) is 0 Å². The van der Waals surface area contributed by atoms with Crippen molar-refractivity contribution in [2.24, 2.45) is 23.2 Å². The van der Waals surface area contributed by atoms with Crippen molar-refractivity contribution in [3.05, 3.63) is 36.5 Å². The number of aliphatic hydroxyl groups is 2. The molecule has 0 aromatic rings. The summed E-state index contributed by atoms with van der Waals surface area (Å²) < 4.78 is 67.6. The van der Waals surface area contributed by atoms with Gasteiger partial charge in [0.1, 0.15) is 42.7 Å². The fourth-order valence-corrected chi connectivity index (χ4v) is 8.67. The van der Waals surface area contributed by atoms with Crippen LogP contribution in [0.5, 0.6) is 0 Å². The Bertz CT molecular complexity index is 1450. The van der Waals surface area contributed by atoms with E-state index in [-0.39, 0.29) is 31.8 Å². The third kappa shape index (κ3) is 10.3. The Balaban J connectivity index is 1.39. The number of rotatable bonds is 12. The van der Waals surface area contributed by atoms with E-state index in [4.69, 9.17) is 52.1 Å². The summed E-state index contributed by atoms with van der Waals surface area (Å²) in [5.74, 6) is -3.54. The van der Waals surface area contributed by atoms with E-state index in [0.29, 0.717) is 12.3 Å². The topological polar surface area (TPSA) is 176 Å². The Morgan fingerprint density at radius 1 is 0.793 bits per heavy atom. The predicted molar refractivity (Wildman–Crippen MR) is 209 cm³/mol. The molecule has 5 rings (SSSR count). The molecule has 0 radical (unpaired) electrons. The second-order valence-corrected chi connectivity index (χ2v) is 17.3. The second-order valence-electron chi connectivity index (χ2n) is 17.3. The number of allylic oxidation sites excluding steroid dienone is 5. The molecule has 2 N–H and O–H groups in total. The van der Waals surface area contributed by atoms with Crippen molar-refractivity contribution in [1.82, 2.24) is 0 Å². The van der Waals surface area contributed by atoms with Crippen LogP contribution in [-0.4, -0.2) is 149 Å². The Morgan fingerprint density at radius 2 is 1.47 bits per heavy atom. The fourth-order valence-electron chi connectivity index (χ4n) is 8.67. The quantitative estimate of drug-likeness (QED) is 0.215. The molecule has 0 aliphatic carbocycles. The molecule has 0 amide bonds. The van der Waals surface area contributed by atoms with Gasteiger partial charge in [-0.15, -0.1) is 0 Å². The zero-order valence-corrected chi connectivity index (χ0v) is 36.0. The fraction of sp³-hybridized carbons (Fsp3) is 0.814. The minimum absolute atomic E-state index is 0.0779. The summed E-state index contributed by atoms with van der Waals surface area (Å²) in [6.07, 6.45) is 1.19. The minimum atomic E-state index is -2.06. The van der Waals surface area contributed by atoms with Gasteiger partial charge in [0.25, 0.3) is 0 Å². The summed E-state index contributed by atoms with van der Waals surface area (Å²) in [5, 5.41) is 22.6. The summed E-state index contributed by atoms with van der Waals surface area (Å²) in [4.78, 5) is 27.9. The first-order valence-electron chi connectivity index (χ1n) is 20.7. The number of Topliss-reactive ketones (excluding diaryl/α,β-unsaturated/α-hetero) is 1. The van der Waals surface area contributed by atoms with E-state index in [1.165, 1.54) is 28.4 Å². The molecule has 0 unspecified atom stereocenters. The largest absolute Gasteiger partial charge is 0.457 e. The highest BCUT2D eigenvalue weighted by atomic mass is 16.8. The van der Waals surface area contributed by atoms with E-state index in [1.807, 2.05) is 51.2 Å². The van der Waals surface area contributed by atoms with Crippen LogP contribution < -0.4 is 0 Å². The van der Waals surface area contributed by atoms with Crippen molar-refractivity contribution in [3.63, 3.8) is 0 Å². The molecule has 0 saturated carbocycles. The number of esters is 1. The molecule has 5 fully saturated rings. The lowest BCUT2D eigenvalue weighted by Gasteiger charge is -2.48. The number of cyclic esters (lactones) is 1. The molecular weight excluding hydrogens is 756 g/mol. The lowest BCUT2D eigenvalue weighted by molar-refractivity contribution is -0.358. The lowest BCUT2D eigenvalue weighted by atomic mass is 9.77. The molecule has 0 aromatic carbocycles. The van der Waals surface area contributed by atoms with Crippen molar-refractivity contribution in [1.29, 1.82) is 0 Å². The number of methoxy groups -OCH3 is 4. The highest BCUT2D eigenvalue weighted by molar-refractivity contribution is 5.86. The van der Waals surface area contributed by atoms with Gasteiger partial charge in [-0.05, 0) is 25.3 Å². The van der Waals surface area contributed by atoms with Crippen LogP contribution in [0.1, 0.15) is 74.1 Å². The predicted octanol–water partition coefficient (Wildman–Crippen LogP) is 3.81. The van der Waals surface area contributed by atoms with E-state index >= 15 is 0 Å². The first kappa shape index (κ1) is 46.9. The van der Waals surface area contributed by atoms with Gasteiger partial charge in [-0.25, -0.2) is 0 Å². The average Bonchev–Trinajstić information content (AvgIpc) is 3.50. The lowest BCUT2D eigenvalue weighted by Crippen LogP contribution is -2.63. The van der Waals surface area contributed by atoms with Crippen molar-refractivity contribution in [2.75, 3.05) is 35.0 Å². The standard InChI is InChI=1S/C43H68O15/c1-23(2)16-14-12-13-15-17-32-42(6,7)33-18-24(3)43(47,58-33)31(44)20-27-19-28(25(4)29(54-27)21-34(45)56-32)55-40-38(50-10)36(30(48-8)22-52-40)57-41-39(51-11)37(49-9)35(46)26(5)53-41/h12-17,23-30,32-33,35-41,46-47H,18-22H2,1-11H3/b13-12+,16-14+,17-15+/t24-,25-,26+,27+,28+,29+,30-,32-,33-,35-,36+,37-,38-,39+,40+,41+,43-/m1/s1. The van der Waals surface area contributed by atoms with E-state index in [9.17, 15) is 19.8 Å². The van der Waals surface area contributed by atoms with Gasteiger partial charge in [0.2, 0.25) is 5.79 Å². The number of hydrogen-bond donors (Lipinski definition) is 2. The Kier molecular flexibility index (Phi) is 16.3. The smallest absolute Gasteiger partial charge is 0.309 e. The minimum Gasteiger partial charge on any atom is -0.457 e. The molecule has 0 aromatic heterocycles. The van der Waals surface area contributed by atoms with Gasteiger partial charge < -0.3 is 62.3 Å².